The van der Waals surface area contributed by atoms with Gasteiger partial charge < -0.3 is 9.84 Å². The molecule has 0 aliphatic heterocycles. The smallest absolute Gasteiger partial charge is 0.478 e. The second-order valence-corrected chi connectivity index (χ2v) is 4.34. The monoisotopic (exact) mass is 308 g/mol. The molecule has 0 atom stereocenters. The predicted octanol–water partition coefficient (Wildman–Crippen LogP) is 4.35. The molecule has 0 aliphatic rings. The molecule has 3 nitrogen and oxygen atoms in total. The van der Waals surface area contributed by atoms with Gasteiger partial charge in [-0.1, -0.05) is 36.4 Å². The average molecular weight is 308 g/mol. The van der Waals surface area contributed by atoms with Gasteiger partial charge in [-0.25, -0.2) is 4.79 Å². The molecule has 0 aromatic heterocycles. The zero-order chi connectivity index (χ0) is 16.2. The van der Waals surface area contributed by atoms with Crippen LogP contribution in [-0.2, 0) is 4.79 Å². The van der Waals surface area contributed by atoms with Gasteiger partial charge in [0.1, 0.15) is 5.75 Å². The van der Waals surface area contributed by atoms with E-state index in [1.807, 2.05) is 0 Å². The van der Waals surface area contributed by atoms with E-state index < -0.39 is 12.3 Å². The number of carboxylic acid groups (broad SMARTS) is 1. The van der Waals surface area contributed by atoms with Gasteiger partial charge in [0.2, 0.25) is 0 Å². The number of carboxylic acids is 1. The van der Waals surface area contributed by atoms with E-state index in [1.165, 1.54) is 24.3 Å². The Kier molecular flexibility index (Phi) is 4.50. The molecule has 0 spiro atoms. The van der Waals surface area contributed by atoms with Crippen molar-refractivity contribution in [2.24, 2.45) is 0 Å². The van der Waals surface area contributed by atoms with Crippen molar-refractivity contribution < 1.29 is 27.8 Å². The number of ether oxygens (including phenoxy) is 1. The van der Waals surface area contributed by atoms with Crippen LogP contribution in [-0.4, -0.2) is 17.4 Å². The standard InChI is InChI=1S/C16H11F3O3/c17-16(18,19)22-14-7-2-1-6-13(14)12-5-3-4-11(10-12)8-9-15(20)21/h1-10H,(H,20,21). The van der Waals surface area contributed by atoms with E-state index in [9.17, 15) is 18.0 Å². The number of benzene rings is 2. The topological polar surface area (TPSA) is 46.5 Å². The minimum Gasteiger partial charge on any atom is -0.478 e. The zero-order valence-electron chi connectivity index (χ0n) is 11.2. The van der Waals surface area contributed by atoms with Crippen LogP contribution < -0.4 is 4.74 Å². The second kappa shape index (κ2) is 6.34. The summed E-state index contributed by atoms with van der Waals surface area (Å²) in [7, 11) is 0. The minimum atomic E-state index is -4.78. The minimum absolute atomic E-state index is 0.269. The van der Waals surface area contributed by atoms with Gasteiger partial charge in [-0.3, -0.25) is 0 Å². The first-order chi connectivity index (χ1) is 10.3. The maximum absolute atomic E-state index is 12.4. The summed E-state index contributed by atoms with van der Waals surface area (Å²) in [5.74, 6) is -1.42. The van der Waals surface area contributed by atoms with Crippen LogP contribution >= 0.6 is 0 Å². The molecule has 2 aromatic rings. The van der Waals surface area contributed by atoms with Gasteiger partial charge in [0, 0.05) is 11.6 Å². The van der Waals surface area contributed by atoms with Crippen molar-refractivity contribution in [2.45, 2.75) is 6.36 Å². The van der Waals surface area contributed by atoms with Crippen LogP contribution in [0.5, 0.6) is 5.75 Å². The first-order valence-corrected chi connectivity index (χ1v) is 6.21. The van der Waals surface area contributed by atoms with Crippen LogP contribution in [0.2, 0.25) is 0 Å². The van der Waals surface area contributed by atoms with Crippen LogP contribution in [0.4, 0.5) is 13.2 Å². The second-order valence-electron chi connectivity index (χ2n) is 4.34. The molecule has 0 saturated heterocycles. The normalized spacial score (nSPS) is 11.6. The van der Waals surface area contributed by atoms with Crippen LogP contribution in [0.1, 0.15) is 5.56 Å². The van der Waals surface area contributed by atoms with E-state index in [4.69, 9.17) is 5.11 Å². The van der Waals surface area contributed by atoms with E-state index in [2.05, 4.69) is 4.74 Å². The van der Waals surface area contributed by atoms with E-state index in [-0.39, 0.29) is 11.3 Å². The van der Waals surface area contributed by atoms with Crippen molar-refractivity contribution in [3.8, 4) is 16.9 Å². The van der Waals surface area contributed by atoms with Crippen molar-refractivity contribution >= 4 is 12.0 Å². The summed E-state index contributed by atoms with van der Waals surface area (Å²) < 4.78 is 41.3. The number of para-hydroxylation sites is 1. The van der Waals surface area contributed by atoms with Crippen molar-refractivity contribution in [1.29, 1.82) is 0 Å². The molecule has 0 amide bonds. The van der Waals surface area contributed by atoms with Crippen molar-refractivity contribution in [3.63, 3.8) is 0 Å². The highest BCUT2D eigenvalue weighted by atomic mass is 19.4. The third-order valence-electron chi connectivity index (χ3n) is 2.73. The Labute approximate surface area is 124 Å². The number of halogens is 3. The molecule has 0 unspecified atom stereocenters. The van der Waals surface area contributed by atoms with Gasteiger partial charge in [0.05, 0.1) is 0 Å². The van der Waals surface area contributed by atoms with Crippen LogP contribution in [0, 0.1) is 0 Å². The third kappa shape index (κ3) is 4.37. The largest absolute Gasteiger partial charge is 0.573 e. The SMILES string of the molecule is O=C(O)C=Cc1cccc(-c2ccccc2OC(F)(F)F)c1. The van der Waals surface area contributed by atoms with E-state index in [1.54, 1.807) is 30.3 Å². The number of alkyl halides is 3. The molecule has 2 rings (SSSR count). The average Bonchev–Trinajstić information content (AvgIpc) is 2.44. The lowest BCUT2D eigenvalue weighted by Crippen LogP contribution is -2.17. The molecule has 114 valence electrons. The van der Waals surface area contributed by atoms with Crippen LogP contribution in [0.3, 0.4) is 0 Å². The summed E-state index contributed by atoms with van der Waals surface area (Å²) in [4.78, 5) is 10.5. The Morgan fingerprint density at radius 1 is 1.09 bits per heavy atom. The number of carbonyl (C=O) groups is 1. The molecular weight excluding hydrogens is 297 g/mol. The van der Waals surface area contributed by atoms with Gasteiger partial charge in [0.15, 0.2) is 0 Å². The highest BCUT2D eigenvalue weighted by Gasteiger charge is 2.32. The fourth-order valence-corrected chi connectivity index (χ4v) is 1.90. The summed E-state index contributed by atoms with van der Waals surface area (Å²) in [6.45, 7) is 0. The molecule has 2 aromatic carbocycles. The maximum atomic E-state index is 12.4. The first kappa shape index (κ1) is 15.6. The number of hydrogen-bond donors (Lipinski definition) is 1. The Balaban J connectivity index is 2.40. The van der Waals surface area contributed by atoms with E-state index in [0.29, 0.717) is 11.1 Å². The Hall–Kier alpha value is -2.76. The highest BCUT2D eigenvalue weighted by Crippen LogP contribution is 2.34. The molecule has 0 bridgehead atoms. The Morgan fingerprint density at radius 3 is 2.50 bits per heavy atom. The highest BCUT2D eigenvalue weighted by molar-refractivity contribution is 5.85. The molecule has 0 fully saturated rings. The van der Waals surface area contributed by atoms with Crippen LogP contribution in [0.15, 0.2) is 54.6 Å². The van der Waals surface area contributed by atoms with Crippen molar-refractivity contribution in [2.75, 3.05) is 0 Å². The fourth-order valence-electron chi connectivity index (χ4n) is 1.90. The number of rotatable bonds is 4. The summed E-state index contributed by atoms with van der Waals surface area (Å²) in [5.41, 5.74) is 1.32. The quantitative estimate of drug-likeness (QED) is 0.854. The Morgan fingerprint density at radius 2 is 1.82 bits per heavy atom. The van der Waals surface area contributed by atoms with E-state index in [0.717, 1.165) is 6.08 Å². The van der Waals surface area contributed by atoms with Gasteiger partial charge in [-0.2, -0.15) is 0 Å². The molecule has 0 aliphatic carbocycles. The predicted molar refractivity (Wildman–Crippen MR) is 75.2 cm³/mol. The molecule has 6 heteroatoms. The molecule has 22 heavy (non-hydrogen) atoms. The van der Waals surface area contributed by atoms with E-state index >= 15 is 0 Å². The Bertz CT molecular complexity index is 706. The number of aliphatic carboxylic acids is 1. The molecular formula is C16H11F3O3. The zero-order valence-corrected chi connectivity index (χ0v) is 11.2. The van der Waals surface area contributed by atoms with Gasteiger partial charge >= 0.3 is 12.3 Å². The van der Waals surface area contributed by atoms with Gasteiger partial charge in [-0.05, 0) is 29.3 Å². The summed E-state index contributed by atoms with van der Waals surface area (Å²) >= 11 is 0. The van der Waals surface area contributed by atoms with Crippen molar-refractivity contribution in [1.82, 2.24) is 0 Å². The summed E-state index contributed by atoms with van der Waals surface area (Å²) in [6.07, 6.45) is -2.47. The number of hydrogen-bond acceptors (Lipinski definition) is 2. The van der Waals surface area contributed by atoms with Crippen molar-refractivity contribution in [3.05, 3.63) is 60.2 Å². The maximum Gasteiger partial charge on any atom is 0.573 e. The molecule has 0 saturated carbocycles. The van der Waals surface area contributed by atoms with Crippen LogP contribution in [0.25, 0.3) is 17.2 Å². The fraction of sp³-hybridized carbons (Fsp3) is 0.0625. The lowest BCUT2D eigenvalue weighted by atomic mass is 10.0. The lowest BCUT2D eigenvalue weighted by Gasteiger charge is -2.13. The molecule has 0 radical (unpaired) electrons. The summed E-state index contributed by atoms with van der Waals surface area (Å²) in [6, 6.07) is 12.2. The molecule has 1 N–H and O–H groups in total. The van der Waals surface area contributed by atoms with Gasteiger partial charge in [-0.15, -0.1) is 13.2 Å². The third-order valence-corrected chi connectivity index (χ3v) is 2.73. The van der Waals surface area contributed by atoms with Gasteiger partial charge in [0.25, 0.3) is 0 Å². The summed E-state index contributed by atoms with van der Waals surface area (Å²) in [5, 5.41) is 8.60. The first-order valence-electron chi connectivity index (χ1n) is 6.21. The lowest BCUT2D eigenvalue weighted by molar-refractivity contribution is -0.274. The molecule has 0 heterocycles.